The van der Waals surface area contributed by atoms with Gasteiger partial charge in [-0.1, -0.05) is 0 Å². The van der Waals surface area contributed by atoms with Crippen molar-refractivity contribution in [3.63, 3.8) is 0 Å². The molecule has 2 aromatic rings. The fourth-order valence-corrected chi connectivity index (χ4v) is 3.39. The first-order valence-corrected chi connectivity index (χ1v) is 7.33. The quantitative estimate of drug-likeness (QED) is 0.816. The zero-order valence-corrected chi connectivity index (χ0v) is 11.8. The van der Waals surface area contributed by atoms with E-state index in [-0.39, 0.29) is 0 Å². The van der Waals surface area contributed by atoms with E-state index in [1.807, 2.05) is 0 Å². The molecule has 0 amide bonds. The highest BCUT2D eigenvalue weighted by Crippen LogP contribution is 2.31. The van der Waals surface area contributed by atoms with Crippen molar-refractivity contribution in [3.8, 4) is 0 Å². The smallest absolute Gasteiger partial charge is 0.225 e. The lowest BCUT2D eigenvalue weighted by atomic mass is 10.3. The maximum Gasteiger partial charge on any atom is 0.225 e. The minimum Gasteiger partial charge on any atom is -0.355 e. The van der Waals surface area contributed by atoms with E-state index in [9.17, 15) is 0 Å². The Hall–Kier alpha value is -0.910. The van der Waals surface area contributed by atoms with E-state index in [0.29, 0.717) is 5.28 Å². The van der Waals surface area contributed by atoms with Gasteiger partial charge in [0.05, 0.1) is 5.39 Å². The van der Waals surface area contributed by atoms with Crippen molar-refractivity contribution in [2.45, 2.75) is 13.3 Å². The molecule has 18 heavy (non-hydrogen) atoms. The minimum absolute atomic E-state index is 0.344. The van der Waals surface area contributed by atoms with Crippen molar-refractivity contribution in [3.05, 3.63) is 16.2 Å². The fraction of sp³-hybridized carbons (Fsp3) is 0.500. The number of anilines is 1. The number of fused-ring (bicyclic) bond motifs is 1. The highest BCUT2D eigenvalue weighted by molar-refractivity contribution is 7.18. The van der Waals surface area contributed by atoms with Crippen LogP contribution in [0.2, 0.25) is 5.28 Å². The Morgan fingerprint density at radius 3 is 3.11 bits per heavy atom. The molecular weight excluding hydrogens is 268 g/mol. The van der Waals surface area contributed by atoms with Gasteiger partial charge in [0.1, 0.15) is 10.6 Å². The molecule has 1 aliphatic rings. The van der Waals surface area contributed by atoms with Crippen LogP contribution in [0.4, 0.5) is 5.82 Å². The highest BCUT2D eigenvalue weighted by atomic mass is 35.5. The first kappa shape index (κ1) is 12.1. The number of nitrogens with zero attached hydrogens (tertiary/aromatic N) is 3. The molecule has 0 bridgehead atoms. The number of halogens is 1. The van der Waals surface area contributed by atoms with Gasteiger partial charge in [-0.05, 0) is 37.6 Å². The molecule has 4 nitrogen and oxygen atoms in total. The topological polar surface area (TPSA) is 41.0 Å². The van der Waals surface area contributed by atoms with Crippen molar-refractivity contribution in [2.75, 3.05) is 31.1 Å². The second kappa shape index (κ2) is 4.99. The molecule has 0 saturated carbocycles. The minimum atomic E-state index is 0.344. The molecule has 0 spiro atoms. The molecule has 0 unspecified atom stereocenters. The Balaban J connectivity index is 2.08. The van der Waals surface area contributed by atoms with E-state index in [1.54, 1.807) is 11.3 Å². The van der Waals surface area contributed by atoms with Gasteiger partial charge in [0.15, 0.2) is 0 Å². The zero-order chi connectivity index (χ0) is 12.5. The SMILES string of the molecule is Cc1cc2c(N3CCCNCC3)nc(Cl)nc2s1. The molecule has 1 fully saturated rings. The lowest BCUT2D eigenvalue weighted by Gasteiger charge is -2.21. The van der Waals surface area contributed by atoms with E-state index in [1.165, 1.54) is 4.88 Å². The van der Waals surface area contributed by atoms with Crippen molar-refractivity contribution < 1.29 is 0 Å². The van der Waals surface area contributed by atoms with Crippen LogP contribution in [0.25, 0.3) is 10.2 Å². The van der Waals surface area contributed by atoms with Gasteiger partial charge < -0.3 is 10.2 Å². The second-order valence-electron chi connectivity index (χ2n) is 4.48. The van der Waals surface area contributed by atoms with Crippen molar-refractivity contribution in [1.29, 1.82) is 0 Å². The van der Waals surface area contributed by atoms with Crippen LogP contribution in [0.3, 0.4) is 0 Å². The van der Waals surface area contributed by atoms with E-state index in [2.05, 4.69) is 33.2 Å². The summed E-state index contributed by atoms with van der Waals surface area (Å²) >= 11 is 7.71. The Labute approximate surface area is 115 Å². The lowest BCUT2D eigenvalue weighted by molar-refractivity contribution is 0.724. The summed E-state index contributed by atoms with van der Waals surface area (Å²) in [4.78, 5) is 13.3. The third-order valence-electron chi connectivity index (χ3n) is 3.11. The molecule has 0 aromatic carbocycles. The average Bonchev–Trinajstić information content (AvgIpc) is 2.56. The summed E-state index contributed by atoms with van der Waals surface area (Å²) < 4.78 is 0. The molecule has 0 atom stereocenters. The molecule has 3 rings (SSSR count). The van der Waals surface area contributed by atoms with Gasteiger partial charge in [-0.25, -0.2) is 4.98 Å². The van der Waals surface area contributed by atoms with Crippen molar-refractivity contribution >= 4 is 39.0 Å². The molecule has 2 aromatic heterocycles. The Morgan fingerprint density at radius 2 is 2.22 bits per heavy atom. The number of thiophene rings is 1. The Bertz CT molecular complexity index is 560. The van der Waals surface area contributed by atoms with Crippen LogP contribution in [-0.2, 0) is 0 Å². The highest BCUT2D eigenvalue weighted by Gasteiger charge is 2.17. The molecular formula is C12H15ClN4S. The van der Waals surface area contributed by atoms with Crippen LogP contribution in [0.15, 0.2) is 6.07 Å². The maximum absolute atomic E-state index is 6.04. The molecule has 96 valence electrons. The van der Waals surface area contributed by atoms with Crippen LogP contribution in [0.1, 0.15) is 11.3 Å². The summed E-state index contributed by atoms with van der Waals surface area (Å²) in [5, 5.41) is 4.87. The molecule has 1 N–H and O–H groups in total. The number of nitrogens with one attached hydrogen (secondary N) is 1. The predicted molar refractivity (Wildman–Crippen MR) is 76.9 cm³/mol. The van der Waals surface area contributed by atoms with Gasteiger partial charge in [0, 0.05) is 24.5 Å². The largest absolute Gasteiger partial charge is 0.355 e. The molecule has 0 radical (unpaired) electrons. The Kier molecular flexibility index (Phi) is 3.37. The zero-order valence-electron chi connectivity index (χ0n) is 10.2. The fourth-order valence-electron chi connectivity index (χ4n) is 2.30. The standard InChI is InChI=1S/C12H15ClN4S/c1-8-7-9-10(15-12(13)16-11(9)18-8)17-5-2-3-14-4-6-17/h7,14H,2-6H2,1H3. The van der Waals surface area contributed by atoms with Crippen LogP contribution in [0.5, 0.6) is 0 Å². The monoisotopic (exact) mass is 282 g/mol. The first-order valence-electron chi connectivity index (χ1n) is 6.13. The molecule has 6 heteroatoms. The van der Waals surface area contributed by atoms with Crippen LogP contribution < -0.4 is 10.2 Å². The summed E-state index contributed by atoms with van der Waals surface area (Å²) in [5.41, 5.74) is 0. The summed E-state index contributed by atoms with van der Waals surface area (Å²) in [5.74, 6) is 0.984. The summed E-state index contributed by atoms with van der Waals surface area (Å²) in [6.45, 7) is 6.14. The normalized spacial score (nSPS) is 17.1. The average molecular weight is 283 g/mol. The van der Waals surface area contributed by atoms with Gasteiger partial charge in [-0.15, -0.1) is 11.3 Å². The van der Waals surface area contributed by atoms with Crippen molar-refractivity contribution in [2.24, 2.45) is 0 Å². The van der Waals surface area contributed by atoms with E-state index >= 15 is 0 Å². The summed E-state index contributed by atoms with van der Waals surface area (Å²) in [6.07, 6.45) is 1.13. The maximum atomic E-state index is 6.04. The summed E-state index contributed by atoms with van der Waals surface area (Å²) in [6, 6.07) is 2.16. The van der Waals surface area contributed by atoms with E-state index < -0.39 is 0 Å². The van der Waals surface area contributed by atoms with Gasteiger partial charge in [0.2, 0.25) is 5.28 Å². The number of rotatable bonds is 1. The molecule has 0 aliphatic carbocycles. The van der Waals surface area contributed by atoms with Gasteiger partial charge in [-0.3, -0.25) is 0 Å². The lowest BCUT2D eigenvalue weighted by Crippen LogP contribution is -2.28. The van der Waals surface area contributed by atoms with Crippen LogP contribution >= 0.6 is 22.9 Å². The van der Waals surface area contributed by atoms with Gasteiger partial charge >= 0.3 is 0 Å². The second-order valence-corrected chi connectivity index (χ2v) is 6.06. The van der Waals surface area contributed by atoms with Crippen LogP contribution in [-0.4, -0.2) is 36.1 Å². The van der Waals surface area contributed by atoms with E-state index in [4.69, 9.17) is 11.6 Å². The predicted octanol–water partition coefficient (Wildman–Crippen LogP) is 2.45. The molecule has 1 saturated heterocycles. The number of aromatic nitrogens is 2. The van der Waals surface area contributed by atoms with Crippen LogP contribution in [0, 0.1) is 6.92 Å². The third kappa shape index (κ3) is 2.30. The first-order chi connectivity index (χ1) is 8.74. The van der Waals surface area contributed by atoms with Gasteiger partial charge in [0.25, 0.3) is 0 Å². The third-order valence-corrected chi connectivity index (χ3v) is 4.22. The van der Waals surface area contributed by atoms with E-state index in [0.717, 1.165) is 48.6 Å². The number of hydrogen-bond donors (Lipinski definition) is 1. The molecule has 1 aliphatic heterocycles. The van der Waals surface area contributed by atoms with Gasteiger partial charge in [-0.2, -0.15) is 4.98 Å². The van der Waals surface area contributed by atoms with Crippen molar-refractivity contribution in [1.82, 2.24) is 15.3 Å². The Morgan fingerprint density at radius 1 is 1.33 bits per heavy atom. The number of aryl methyl sites for hydroxylation is 1. The molecule has 3 heterocycles. The summed E-state index contributed by atoms with van der Waals surface area (Å²) in [7, 11) is 0. The number of hydrogen-bond acceptors (Lipinski definition) is 5.